The van der Waals surface area contributed by atoms with Crippen molar-refractivity contribution in [2.45, 2.75) is 31.6 Å². The quantitative estimate of drug-likeness (QED) is 0.829. The first-order valence-electron chi connectivity index (χ1n) is 6.92. The molecule has 0 spiro atoms. The molecule has 0 aromatic heterocycles. The van der Waals surface area contributed by atoms with Gasteiger partial charge in [0.2, 0.25) is 0 Å². The lowest BCUT2D eigenvalue weighted by atomic mass is 9.74. The lowest BCUT2D eigenvalue weighted by Crippen LogP contribution is -2.43. The van der Waals surface area contributed by atoms with Crippen LogP contribution in [0.4, 0.5) is 0 Å². The summed E-state index contributed by atoms with van der Waals surface area (Å²) < 4.78 is 5.52. The van der Waals surface area contributed by atoms with E-state index in [1.807, 2.05) is 12.1 Å². The fourth-order valence-corrected chi connectivity index (χ4v) is 2.96. The van der Waals surface area contributed by atoms with Gasteiger partial charge in [0.05, 0.1) is 10.0 Å². The molecule has 0 amide bonds. The van der Waals surface area contributed by atoms with Crippen LogP contribution in [0.25, 0.3) is 0 Å². The second-order valence-electron chi connectivity index (χ2n) is 5.20. The van der Waals surface area contributed by atoms with Crippen molar-refractivity contribution < 1.29 is 4.74 Å². The molecule has 0 unspecified atom stereocenters. The molecule has 2 nitrogen and oxygen atoms in total. The van der Waals surface area contributed by atoms with Crippen molar-refractivity contribution >= 4 is 23.2 Å². The zero-order chi connectivity index (χ0) is 13.7. The molecule has 1 fully saturated rings. The van der Waals surface area contributed by atoms with Gasteiger partial charge in [0.25, 0.3) is 0 Å². The van der Waals surface area contributed by atoms with Crippen LogP contribution in [0.15, 0.2) is 18.2 Å². The Morgan fingerprint density at radius 2 is 1.95 bits per heavy atom. The standard InChI is InChI=1S/C15H21Cl2NO/c1-2-7-18-11-15(5-8-19-9-6-15)12-3-4-13(16)14(17)10-12/h3-4,10,18H,2,5-9,11H2,1H3. The smallest absolute Gasteiger partial charge is 0.0595 e. The third-order valence-electron chi connectivity index (χ3n) is 3.87. The van der Waals surface area contributed by atoms with Gasteiger partial charge in [0.1, 0.15) is 0 Å². The summed E-state index contributed by atoms with van der Waals surface area (Å²) in [5.41, 5.74) is 1.40. The molecule has 1 aromatic carbocycles. The average Bonchev–Trinajstić information content (AvgIpc) is 2.43. The zero-order valence-corrected chi connectivity index (χ0v) is 12.9. The van der Waals surface area contributed by atoms with Gasteiger partial charge >= 0.3 is 0 Å². The highest BCUT2D eigenvalue weighted by Gasteiger charge is 2.34. The highest BCUT2D eigenvalue weighted by Crippen LogP contribution is 2.37. The molecular weight excluding hydrogens is 281 g/mol. The molecule has 0 bridgehead atoms. The number of benzene rings is 1. The van der Waals surface area contributed by atoms with Crippen LogP contribution in [-0.2, 0) is 10.2 Å². The maximum Gasteiger partial charge on any atom is 0.0595 e. The maximum absolute atomic E-state index is 6.17. The van der Waals surface area contributed by atoms with E-state index in [4.69, 9.17) is 27.9 Å². The Labute approximate surface area is 125 Å². The number of ether oxygens (including phenoxy) is 1. The third kappa shape index (κ3) is 3.63. The van der Waals surface area contributed by atoms with Gasteiger partial charge in [-0.15, -0.1) is 0 Å². The molecule has 4 heteroatoms. The van der Waals surface area contributed by atoms with E-state index < -0.39 is 0 Å². The summed E-state index contributed by atoms with van der Waals surface area (Å²) in [5, 5.41) is 4.81. The van der Waals surface area contributed by atoms with E-state index in [1.165, 1.54) is 5.56 Å². The van der Waals surface area contributed by atoms with Crippen LogP contribution in [0.3, 0.4) is 0 Å². The number of rotatable bonds is 5. The largest absolute Gasteiger partial charge is 0.381 e. The van der Waals surface area contributed by atoms with Gasteiger partial charge in [-0.2, -0.15) is 0 Å². The minimum Gasteiger partial charge on any atom is -0.381 e. The van der Waals surface area contributed by atoms with Crippen LogP contribution >= 0.6 is 23.2 Å². The lowest BCUT2D eigenvalue weighted by molar-refractivity contribution is 0.0499. The van der Waals surface area contributed by atoms with E-state index in [2.05, 4.69) is 18.3 Å². The van der Waals surface area contributed by atoms with Gasteiger partial charge in [-0.3, -0.25) is 0 Å². The van der Waals surface area contributed by atoms with Crippen molar-refractivity contribution in [3.8, 4) is 0 Å². The molecule has 1 N–H and O–H groups in total. The van der Waals surface area contributed by atoms with E-state index in [1.54, 1.807) is 0 Å². The Morgan fingerprint density at radius 3 is 2.58 bits per heavy atom. The second kappa shape index (κ2) is 6.94. The molecule has 1 aromatic rings. The Morgan fingerprint density at radius 1 is 1.21 bits per heavy atom. The first-order chi connectivity index (χ1) is 9.18. The molecule has 0 aliphatic carbocycles. The van der Waals surface area contributed by atoms with Gasteiger partial charge in [0.15, 0.2) is 0 Å². The Bertz CT molecular complexity index is 417. The lowest BCUT2D eigenvalue weighted by Gasteiger charge is -2.38. The fraction of sp³-hybridized carbons (Fsp3) is 0.600. The van der Waals surface area contributed by atoms with E-state index in [0.717, 1.165) is 45.6 Å². The van der Waals surface area contributed by atoms with Crippen LogP contribution in [0.2, 0.25) is 10.0 Å². The van der Waals surface area contributed by atoms with Gasteiger partial charge in [-0.05, 0) is 43.5 Å². The average molecular weight is 302 g/mol. The van der Waals surface area contributed by atoms with Gasteiger partial charge in [-0.1, -0.05) is 36.2 Å². The summed E-state index contributed by atoms with van der Waals surface area (Å²) in [7, 11) is 0. The summed E-state index contributed by atoms with van der Waals surface area (Å²) in [6, 6.07) is 6.02. The summed E-state index contributed by atoms with van der Waals surface area (Å²) in [4.78, 5) is 0. The highest BCUT2D eigenvalue weighted by atomic mass is 35.5. The van der Waals surface area contributed by atoms with Crippen molar-refractivity contribution in [1.29, 1.82) is 0 Å². The predicted molar refractivity (Wildman–Crippen MR) is 81.4 cm³/mol. The van der Waals surface area contributed by atoms with Crippen LogP contribution in [0.1, 0.15) is 31.7 Å². The number of hydrogen-bond acceptors (Lipinski definition) is 2. The van der Waals surface area contributed by atoms with Crippen molar-refractivity contribution in [2.75, 3.05) is 26.3 Å². The first kappa shape index (κ1) is 15.1. The molecule has 0 atom stereocenters. The molecular formula is C15H21Cl2NO. The van der Waals surface area contributed by atoms with Crippen LogP contribution in [-0.4, -0.2) is 26.3 Å². The molecule has 106 valence electrons. The third-order valence-corrected chi connectivity index (χ3v) is 4.61. The Kier molecular flexibility index (Phi) is 5.52. The predicted octanol–water partition coefficient (Wildman–Crippen LogP) is 4.04. The molecule has 1 aliphatic heterocycles. The molecule has 2 rings (SSSR count). The summed E-state index contributed by atoms with van der Waals surface area (Å²) in [6.07, 6.45) is 3.21. The van der Waals surface area contributed by atoms with E-state index in [-0.39, 0.29) is 5.41 Å². The normalized spacial score (nSPS) is 18.5. The minimum atomic E-state index is 0.127. The first-order valence-corrected chi connectivity index (χ1v) is 7.67. The highest BCUT2D eigenvalue weighted by molar-refractivity contribution is 6.42. The molecule has 1 aliphatic rings. The summed E-state index contributed by atoms with van der Waals surface area (Å²) in [5.74, 6) is 0. The van der Waals surface area contributed by atoms with E-state index >= 15 is 0 Å². The topological polar surface area (TPSA) is 21.3 Å². The number of nitrogens with one attached hydrogen (secondary N) is 1. The maximum atomic E-state index is 6.17. The monoisotopic (exact) mass is 301 g/mol. The number of hydrogen-bond donors (Lipinski definition) is 1. The van der Waals surface area contributed by atoms with Crippen LogP contribution in [0, 0.1) is 0 Å². The van der Waals surface area contributed by atoms with Crippen molar-refractivity contribution in [3.63, 3.8) is 0 Å². The van der Waals surface area contributed by atoms with Crippen molar-refractivity contribution in [3.05, 3.63) is 33.8 Å². The van der Waals surface area contributed by atoms with Gasteiger partial charge < -0.3 is 10.1 Å². The van der Waals surface area contributed by atoms with E-state index in [0.29, 0.717) is 10.0 Å². The molecule has 0 radical (unpaired) electrons. The van der Waals surface area contributed by atoms with Crippen LogP contribution < -0.4 is 5.32 Å². The molecule has 19 heavy (non-hydrogen) atoms. The van der Waals surface area contributed by atoms with Crippen molar-refractivity contribution in [1.82, 2.24) is 5.32 Å². The second-order valence-corrected chi connectivity index (χ2v) is 6.01. The molecule has 0 saturated carbocycles. The number of halogens is 2. The van der Waals surface area contributed by atoms with Crippen molar-refractivity contribution in [2.24, 2.45) is 0 Å². The van der Waals surface area contributed by atoms with Crippen LogP contribution in [0.5, 0.6) is 0 Å². The fourth-order valence-electron chi connectivity index (χ4n) is 2.66. The summed E-state index contributed by atoms with van der Waals surface area (Å²) in [6.45, 7) is 5.83. The Hall–Kier alpha value is -0.280. The Balaban J connectivity index is 2.22. The van der Waals surface area contributed by atoms with Gasteiger partial charge in [0, 0.05) is 25.2 Å². The minimum absolute atomic E-state index is 0.127. The van der Waals surface area contributed by atoms with E-state index in [9.17, 15) is 0 Å². The summed E-state index contributed by atoms with van der Waals surface area (Å²) >= 11 is 12.2. The van der Waals surface area contributed by atoms with Gasteiger partial charge in [-0.25, -0.2) is 0 Å². The zero-order valence-electron chi connectivity index (χ0n) is 11.3. The molecule has 1 heterocycles. The SMILES string of the molecule is CCCNCC1(c2ccc(Cl)c(Cl)c2)CCOCC1. The molecule has 1 saturated heterocycles.